The lowest BCUT2D eigenvalue weighted by Crippen LogP contribution is -2.63. The zero-order chi connectivity index (χ0) is 13.5. The van der Waals surface area contributed by atoms with Gasteiger partial charge in [-0.3, -0.25) is 14.3 Å². The summed E-state index contributed by atoms with van der Waals surface area (Å²) in [5.74, 6) is -0.260. The molecule has 2 heterocycles. The average Bonchev–Trinajstić information content (AvgIpc) is 2.63. The van der Waals surface area contributed by atoms with E-state index in [4.69, 9.17) is 0 Å². The molecule has 0 bridgehead atoms. The predicted molar refractivity (Wildman–Crippen MR) is 66.1 cm³/mol. The van der Waals surface area contributed by atoms with Gasteiger partial charge in [0.1, 0.15) is 5.54 Å². The number of aromatic nitrogens is 2. The number of nitrogens with one attached hydrogen (secondary N) is 1. The van der Waals surface area contributed by atoms with E-state index < -0.39 is 5.54 Å². The molecule has 2 rings (SSSR count). The van der Waals surface area contributed by atoms with Crippen molar-refractivity contribution in [1.82, 2.24) is 20.0 Å². The summed E-state index contributed by atoms with van der Waals surface area (Å²) in [6, 6.07) is 0. The van der Waals surface area contributed by atoms with Crippen LogP contribution in [-0.2, 0) is 11.8 Å². The lowest BCUT2D eigenvalue weighted by Gasteiger charge is -2.41. The Kier molecular flexibility index (Phi) is 2.88. The summed E-state index contributed by atoms with van der Waals surface area (Å²) < 4.78 is 1.66. The van der Waals surface area contributed by atoms with Crippen LogP contribution >= 0.6 is 0 Å². The third kappa shape index (κ3) is 1.77. The van der Waals surface area contributed by atoms with Gasteiger partial charge in [-0.2, -0.15) is 5.10 Å². The highest BCUT2D eigenvalue weighted by Crippen LogP contribution is 2.21. The maximum Gasteiger partial charge on any atom is 0.258 e. The first-order valence-corrected chi connectivity index (χ1v) is 5.94. The maximum atomic E-state index is 12.5. The van der Waals surface area contributed by atoms with Gasteiger partial charge in [0.25, 0.3) is 5.91 Å². The molecule has 1 fully saturated rings. The fraction of sp³-hybridized carbons (Fsp3) is 0.583. The lowest BCUT2D eigenvalue weighted by atomic mass is 9.97. The van der Waals surface area contributed by atoms with E-state index in [2.05, 4.69) is 10.4 Å². The van der Waals surface area contributed by atoms with E-state index in [9.17, 15) is 9.59 Å². The van der Waals surface area contributed by atoms with Crippen molar-refractivity contribution in [2.24, 2.45) is 7.05 Å². The predicted octanol–water partition coefficient (Wildman–Crippen LogP) is 0.0791. The van der Waals surface area contributed by atoms with Crippen LogP contribution < -0.4 is 5.32 Å². The molecule has 0 unspecified atom stereocenters. The summed E-state index contributed by atoms with van der Waals surface area (Å²) in [4.78, 5) is 25.9. The molecule has 1 aliphatic rings. The molecule has 98 valence electrons. The molecule has 6 nitrogen and oxygen atoms in total. The molecule has 2 amide bonds. The Hall–Kier alpha value is -1.85. The third-order valence-corrected chi connectivity index (χ3v) is 3.56. The van der Waals surface area contributed by atoms with Crippen molar-refractivity contribution in [2.45, 2.75) is 26.3 Å². The summed E-state index contributed by atoms with van der Waals surface area (Å²) in [5, 5.41) is 6.84. The van der Waals surface area contributed by atoms with Crippen molar-refractivity contribution in [3.8, 4) is 0 Å². The normalized spacial score (nSPS) is 18.7. The van der Waals surface area contributed by atoms with Crippen molar-refractivity contribution in [2.75, 3.05) is 13.1 Å². The highest BCUT2D eigenvalue weighted by atomic mass is 16.2. The van der Waals surface area contributed by atoms with Crippen LogP contribution in [0, 0.1) is 6.92 Å². The van der Waals surface area contributed by atoms with Gasteiger partial charge < -0.3 is 10.2 Å². The highest BCUT2D eigenvalue weighted by molar-refractivity contribution is 6.00. The largest absolute Gasteiger partial charge is 0.352 e. The lowest BCUT2D eigenvalue weighted by molar-refractivity contribution is -0.133. The Morgan fingerprint density at radius 1 is 1.50 bits per heavy atom. The summed E-state index contributed by atoms with van der Waals surface area (Å²) in [6.45, 7) is 6.37. The molecule has 1 aromatic heterocycles. The van der Waals surface area contributed by atoms with Crippen LogP contribution in [0.15, 0.2) is 6.20 Å². The van der Waals surface area contributed by atoms with E-state index in [1.165, 1.54) is 0 Å². The van der Waals surface area contributed by atoms with E-state index in [1.807, 2.05) is 6.92 Å². The minimum Gasteiger partial charge on any atom is -0.352 e. The summed E-state index contributed by atoms with van der Waals surface area (Å²) >= 11 is 0. The van der Waals surface area contributed by atoms with E-state index in [1.54, 1.807) is 36.7 Å². The fourth-order valence-electron chi connectivity index (χ4n) is 2.11. The van der Waals surface area contributed by atoms with Crippen LogP contribution in [0.5, 0.6) is 0 Å². The Bertz CT molecular complexity index is 504. The van der Waals surface area contributed by atoms with E-state index in [-0.39, 0.29) is 11.8 Å². The molecule has 1 saturated heterocycles. The number of piperazine rings is 1. The number of carbonyl (C=O) groups excluding carboxylic acids is 2. The minimum absolute atomic E-state index is 0.122. The SMILES string of the molecule is Cc1c(C(=O)N2CCNC(=O)C2(C)C)cnn1C. The zero-order valence-corrected chi connectivity index (χ0v) is 11.1. The van der Waals surface area contributed by atoms with Gasteiger partial charge in [0, 0.05) is 25.8 Å². The first kappa shape index (κ1) is 12.6. The van der Waals surface area contributed by atoms with Crippen LogP contribution in [-0.4, -0.2) is 45.1 Å². The van der Waals surface area contributed by atoms with Crippen LogP contribution in [0.2, 0.25) is 0 Å². The summed E-state index contributed by atoms with van der Waals surface area (Å²) in [7, 11) is 1.79. The second-order valence-electron chi connectivity index (χ2n) is 5.04. The van der Waals surface area contributed by atoms with E-state index in [0.29, 0.717) is 18.7 Å². The van der Waals surface area contributed by atoms with Gasteiger partial charge in [-0.15, -0.1) is 0 Å². The van der Waals surface area contributed by atoms with Crippen LogP contribution in [0.25, 0.3) is 0 Å². The van der Waals surface area contributed by atoms with Gasteiger partial charge in [-0.05, 0) is 20.8 Å². The number of nitrogens with zero attached hydrogens (tertiary/aromatic N) is 3. The molecule has 0 aliphatic carbocycles. The van der Waals surface area contributed by atoms with Crippen LogP contribution in [0.1, 0.15) is 29.9 Å². The first-order valence-electron chi connectivity index (χ1n) is 5.94. The molecule has 1 N–H and O–H groups in total. The van der Waals surface area contributed by atoms with E-state index in [0.717, 1.165) is 5.69 Å². The van der Waals surface area contributed by atoms with Gasteiger partial charge in [0.05, 0.1) is 11.8 Å². The van der Waals surface area contributed by atoms with Gasteiger partial charge in [-0.1, -0.05) is 0 Å². The van der Waals surface area contributed by atoms with Gasteiger partial charge in [-0.25, -0.2) is 0 Å². The van der Waals surface area contributed by atoms with Gasteiger partial charge in [0.2, 0.25) is 5.91 Å². The van der Waals surface area contributed by atoms with E-state index >= 15 is 0 Å². The monoisotopic (exact) mass is 250 g/mol. The quantitative estimate of drug-likeness (QED) is 0.767. The number of hydrogen-bond donors (Lipinski definition) is 1. The second kappa shape index (κ2) is 4.12. The number of rotatable bonds is 1. The number of amides is 2. The van der Waals surface area contributed by atoms with Crippen LogP contribution in [0.3, 0.4) is 0 Å². The van der Waals surface area contributed by atoms with Crippen molar-refractivity contribution < 1.29 is 9.59 Å². The maximum absolute atomic E-state index is 12.5. The van der Waals surface area contributed by atoms with Crippen LogP contribution in [0.4, 0.5) is 0 Å². The molecule has 18 heavy (non-hydrogen) atoms. The molecule has 0 saturated carbocycles. The Balaban J connectivity index is 2.34. The fourth-order valence-corrected chi connectivity index (χ4v) is 2.11. The standard InChI is InChI=1S/C12H18N4O2/c1-8-9(7-14-15(8)4)10(17)16-6-5-13-11(18)12(16,2)3/h7H,5-6H2,1-4H3,(H,13,18). The smallest absolute Gasteiger partial charge is 0.258 e. The number of aryl methyl sites for hydroxylation is 1. The number of carbonyl (C=O) groups is 2. The van der Waals surface area contributed by atoms with Crippen molar-refractivity contribution in [3.05, 3.63) is 17.5 Å². The molecule has 0 radical (unpaired) electrons. The molecule has 1 aromatic rings. The Morgan fingerprint density at radius 3 is 2.72 bits per heavy atom. The average molecular weight is 250 g/mol. The van der Waals surface area contributed by atoms with Gasteiger partial charge >= 0.3 is 0 Å². The zero-order valence-electron chi connectivity index (χ0n) is 11.1. The van der Waals surface area contributed by atoms with Crippen molar-refractivity contribution in [3.63, 3.8) is 0 Å². The molecular weight excluding hydrogens is 232 g/mol. The highest BCUT2D eigenvalue weighted by Gasteiger charge is 2.41. The molecule has 6 heteroatoms. The first-order chi connectivity index (χ1) is 8.35. The third-order valence-electron chi connectivity index (χ3n) is 3.56. The topological polar surface area (TPSA) is 67.2 Å². The summed E-state index contributed by atoms with van der Waals surface area (Å²) in [5.41, 5.74) is 0.541. The summed E-state index contributed by atoms with van der Waals surface area (Å²) in [6.07, 6.45) is 1.56. The molecular formula is C12H18N4O2. The van der Waals surface area contributed by atoms with Crippen molar-refractivity contribution in [1.29, 1.82) is 0 Å². The Labute approximate surface area is 106 Å². The van der Waals surface area contributed by atoms with Crippen molar-refractivity contribution >= 4 is 11.8 Å². The molecule has 1 aliphatic heterocycles. The number of hydrogen-bond acceptors (Lipinski definition) is 3. The second-order valence-corrected chi connectivity index (χ2v) is 5.04. The molecule has 0 atom stereocenters. The Morgan fingerprint density at radius 2 is 2.17 bits per heavy atom. The molecule has 0 aromatic carbocycles. The van der Waals surface area contributed by atoms with Gasteiger partial charge in [0.15, 0.2) is 0 Å². The minimum atomic E-state index is -0.822. The molecule has 0 spiro atoms.